The summed E-state index contributed by atoms with van der Waals surface area (Å²) in [6.07, 6.45) is 5.46. The van der Waals surface area contributed by atoms with E-state index < -0.39 is 11.4 Å². The Labute approximate surface area is 116 Å². The lowest BCUT2D eigenvalue weighted by atomic mass is 9.87. The number of fused-ring (bicyclic) bond motifs is 1. The molecule has 1 aliphatic carbocycles. The first-order chi connectivity index (χ1) is 9.77. The lowest BCUT2D eigenvalue weighted by molar-refractivity contribution is 0.291. The number of hydrogen-bond donors (Lipinski definition) is 0. The van der Waals surface area contributed by atoms with Gasteiger partial charge in [0.1, 0.15) is 11.4 Å². The Hall–Kier alpha value is -1.87. The summed E-state index contributed by atoms with van der Waals surface area (Å²) in [4.78, 5) is 14.7. The van der Waals surface area contributed by atoms with E-state index in [4.69, 9.17) is 9.47 Å². The molecule has 0 bridgehead atoms. The molecule has 1 aromatic rings. The summed E-state index contributed by atoms with van der Waals surface area (Å²) in [7, 11) is 0. The Bertz CT molecular complexity index is 560. The highest BCUT2D eigenvalue weighted by atomic mass is 19.1. The maximum Gasteiger partial charge on any atom is 0.235 e. The molecule has 1 aromatic carbocycles. The number of nitrogens with zero attached hydrogens (tertiary/aromatic N) is 1. The molecule has 1 fully saturated rings. The second-order valence-electron chi connectivity index (χ2n) is 5.24. The number of aliphatic imine (C=N–C) groups is 1. The van der Waals surface area contributed by atoms with E-state index in [1.165, 1.54) is 6.07 Å². The van der Waals surface area contributed by atoms with Crippen LogP contribution >= 0.6 is 0 Å². The molecule has 0 radical (unpaired) electrons. The number of ether oxygens (including phenoxy) is 2. The van der Waals surface area contributed by atoms with Gasteiger partial charge in [-0.25, -0.2) is 9.18 Å². The molecular formula is C15H16FNO3. The number of halogens is 1. The first kappa shape index (κ1) is 13.1. The Balaban J connectivity index is 2.18. The molecule has 4 nitrogen and oxygen atoms in total. The summed E-state index contributed by atoms with van der Waals surface area (Å²) in [6, 6.07) is 2.94. The van der Waals surface area contributed by atoms with Crippen molar-refractivity contribution in [2.24, 2.45) is 4.99 Å². The van der Waals surface area contributed by atoms with Gasteiger partial charge in [-0.05, 0) is 25.0 Å². The summed E-state index contributed by atoms with van der Waals surface area (Å²) in [5.74, 6) is 0.546. The van der Waals surface area contributed by atoms with Gasteiger partial charge < -0.3 is 9.47 Å². The van der Waals surface area contributed by atoms with Crippen LogP contribution in [-0.2, 0) is 10.3 Å². The molecule has 0 spiro atoms. The van der Waals surface area contributed by atoms with E-state index >= 15 is 0 Å². The number of rotatable bonds is 2. The smallest absolute Gasteiger partial charge is 0.235 e. The molecule has 0 N–H and O–H groups in total. The third-order valence-electron chi connectivity index (χ3n) is 4.02. The molecule has 0 saturated heterocycles. The lowest BCUT2D eigenvalue weighted by Gasteiger charge is -2.26. The Morgan fingerprint density at radius 1 is 1.15 bits per heavy atom. The molecular weight excluding hydrogens is 261 g/mol. The van der Waals surface area contributed by atoms with Gasteiger partial charge in [0.25, 0.3) is 0 Å². The molecule has 1 saturated carbocycles. The zero-order valence-corrected chi connectivity index (χ0v) is 11.2. The van der Waals surface area contributed by atoms with E-state index in [9.17, 15) is 9.18 Å². The third kappa shape index (κ3) is 2.08. The second kappa shape index (κ2) is 5.25. The SMILES string of the molecule is O=C=NC1(c2c(F)ccc3c2OCCCO3)CCCC1. The molecule has 20 heavy (non-hydrogen) atoms. The molecule has 0 atom stereocenters. The van der Waals surface area contributed by atoms with Crippen LogP contribution < -0.4 is 9.47 Å². The largest absolute Gasteiger partial charge is 0.490 e. The minimum atomic E-state index is -0.842. The molecule has 1 aliphatic heterocycles. The fourth-order valence-electron chi connectivity index (χ4n) is 3.11. The topological polar surface area (TPSA) is 47.9 Å². The van der Waals surface area contributed by atoms with Crippen molar-refractivity contribution in [3.63, 3.8) is 0 Å². The van der Waals surface area contributed by atoms with Crippen molar-refractivity contribution in [2.75, 3.05) is 13.2 Å². The van der Waals surface area contributed by atoms with E-state index in [1.807, 2.05) is 0 Å². The van der Waals surface area contributed by atoms with Gasteiger partial charge in [0.2, 0.25) is 6.08 Å². The highest BCUT2D eigenvalue weighted by Crippen LogP contribution is 2.49. The van der Waals surface area contributed by atoms with E-state index in [-0.39, 0.29) is 0 Å². The predicted molar refractivity (Wildman–Crippen MR) is 70.3 cm³/mol. The van der Waals surface area contributed by atoms with Crippen molar-refractivity contribution in [3.8, 4) is 11.5 Å². The number of carbonyl (C=O) groups excluding carboxylic acids is 1. The Morgan fingerprint density at radius 3 is 2.65 bits per heavy atom. The predicted octanol–water partition coefficient (Wildman–Crippen LogP) is 3.09. The van der Waals surface area contributed by atoms with E-state index in [2.05, 4.69) is 4.99 Å². The van der Waals surface area contributed by atoms with Crippen LogP contribution in [0, 0.1) is 5.82 Å². The Kier molecular flexibility index (Phi) is 3.45. The van der Waals surface area contributed by atoms with Crippen molar-refractivity contribution in [3.05, 3.63) is 23.5 Å². The van der Waals surface area contributed by atoms with Crippen molar-refractivity contribution in [1.29, 1.82) is 0 Å². The molecule has 106 valence electrons. The zero-order chi connectivity index (χ0) is 14.0. The number of benzene rings is 1. The van der Waals surface area contributed by atoms with Gasteiger partial charge in [-0.15, -0.1) is 0 Å². The first-order valence-corrected chi connectivity index (χ1v) is 6.94. The van der Waals surface area contributed by atoms with Gasteiger partial charge >= 0.3 is 0 Å². The van der Waals surface area contributed by atoms with Gasteiger partial charge in [-0.2, -0.15) is 4.99 Å². The van der Waals surface area contributed by atoms with Crippen LogP contribution in [-0.4, -0.2) is 19.3 Å². The maximum atomic E-state index is 14.4. The summed E-state index contributed by atoms with van der Waals surface area (Å²) >= 11 is 0. The first-order valence-electron chi connectivity index (χ1n) is 6.94. The summed E-state index contributed by atoms with van der Waals surface area (Å²) < 4.78 is 25.7. The van der Waals surface area contributed by atoms with E-state index in [0.717, 1.165) is 19.3 Å². The number of isocyanates is 1. The average molecular weight is 277 g/mol. The molecule has 0 amide bonds. The monoisotopic (exact) mass is 277 g/mol. The van der Waals surface area contributed by atoms with Crippen molar-refractivity contribution in [1.82, 2.24) is 0 Å². The zero-order valence-electron chi connectivity index (χ0n) is 11.2. The normalized spacial score (nSPS) is 20.1. The molecule has 3 rings (SSSR count). The second-order valence-corrected chi connectivity index (χ2v) is 5.24. The highest BCUT2D eigenvalue weighted by molar-refractivity contribution is 5.53. The maximum absolute atomic E-state index is 14.4. The lowest BCUT2D eigenvalue weighted by Crippen LogP contribution is -2.22. The third-order valence-corrected chi connectivity index (χ3v) is 4.02. The number of hydrogen-bond acceptors (Lipinski definition) is 4. The van der Waals surface area contributed by atoms with Crippen LogP contribution in [0.4, 0.5) is 4.39 Å². The molecule has 2 aliphatic rings. The summed E-state index contributed by atoms with van der Waals surface area (Å²) in [6.45, 7) is 1.02. The molecule has 5 heteroatoms. The summed E-state index contributed by atoms with van der Waals surface area (Å²) in [5, 5.41) is 0. The van der Waals surface area contributed by atoms with Crippen molar-refractivity contribution in [2.45, 2.75) is 37.6 Å². The van der Waals surface area contributed by atoms with Gasteiger partial charge in [-0.1, -0.05) is 12.8 Å². The minimum Gasteiger partial charge on any atom is -0.490 e. The van der Waals surface area contributed by atoms with Crippen molar-refractivity contribution < 1.29 is 18.7 Å². The molecule has 0 unspecified atom stereocenters. The van der Waals surface area contributed by atoms with Gasteiger partial charge in [0.05, 0.1) is 18.8 Å². The van der Waals surface area contributed by atoms with Crippen LogP contribution in [0.1, 0.15) is 37.7 Å². The minimum absolute atomic E-state index is 0.359. The fraction of sp³-hybridized carbons (Fsp3) is 0.533. The molecule has 1 heterocycles. The summed E-state index contributed by atoms with van der Waals surface area (Å²) in [5.41, 5.74) is -0.483. The van der Waals surface area contributed by atoms with E-state index in [1.54, 1.807) is 12.1 Å². The van der Waals surface area contributed by atoms with Crippen LogP contribution in [0.3, 0.4) is 0 Å². The van der Waals surface area contributed by atoms with Crippen molar-refractivity contribution >= 4 is 6.08 Å². The van der Waals surface area contributed by atoms with Crippen LogP contribution in [0.25, 0.3) is 0 Å². The van der Waals surface area contributed by atoms with Crippen LogP contribution in [0.5, 0.6) is 11.5 Å². The average Bonchev–Trinajstić information content (AvgIpc) is 2.77. The van der Waals surface area contributed by atoms with Gasteiger partial charge in [0.15, 0.2) is 11.5 Å². The van der Waals surface area contributed by atoms with Gasteiger partial charge in [0, 0.05) is 6.42 Å². The van der Waals surface area contributed by atoms with Gasteiger partial charge in [-0.3, -0.25) is 0 Å². The fourth-order valence-corrected chi connectivity index (χ4v) is 3.11. The van der Waals surface area contributed by atoms with E-state index in [0.29, 0.717) is 43.1 Å². The quantitative estimate of drug-likeness (QED) is 0.616. The van der Waals surface area contributed by atoms with Crippen LogP contribution in [0.2, 0.25) is 0 Å². The Morgan fingerprint density at radius 2 is 1.90 bits per heavy atom. The van der Waals surface area contributed by atoms with Crippen LogP contribution in [0.15, 0.2) is 17.1 Å². The highest BCUT2D eigenvalue weighted by Gasteiger charge is 2.41. The molecule has 0 aromatic heterocycles. The standard InChI is InChI=1S/C15H16FNO3/c16-11-4-5-12-14(20-9-3-8-19-12)13(11)15(17-10-18)6-1-2-7-15/h4-5H,1-3,6-9H2.